The first-order valence-corrected chi connectivity index (χ1v) is 10.8. The number of hydrogen-bond donors (Lipinski definition) is 0. The second-order valence-electron chi connectivity index (χ2n) is 6.29. The van der Waals surface area contributed by atoms with Crippen molar-refractivity contribution in [2.24, 2.45) is 0 Å². The maximum Gasteiger partial charge on any atom is 0.265 e. The Morgan fingerprint density at radius 1 is 1.11 bits per heavy atom. The zero-order valence-electron chi connectivity index (χ0n) is 14.8. The van der Waals surface area contributed by atoms with Crippen LogP contribution in [0.1, 0.15) is 9.75 Å². The average molecular weight is 433 g/mol. The molecule has 0 radical (unpaired) electrons. The molecule has 0 bridgehead atoms. The molecule has 144 valence electrons. The van der Waals surface area contributed by atoms with Gasteiger partial charge in [0.1, 0.15) is 12.3 Å². The topological polar surface area (TPSA) is 49.9 Å². The lowest BCUT2D eigenvalue weighted by Gasteiger charge is -2.31. The second-order valence-corrected chi connectivity index (χ2v) is 8.79. The molecule has 1 aliphatic rings. The van der Waals surface area contributed by atoms with E-state index in [4.69, 9.17) is 16.3 Å². The molecule has 0 saturated heterocycles. The van der Waals surface area contributed by atoms with Crippen LogP contribution in [0.25, 0.3) is 0 Å². The highest BCUT2D eigenvalue weighted by Gasteiger charge is 2.29. The Balaban J connectivity index is 1.57. The highest BCUT2D eigenvalue weighted by atomic mass is 35.5. The molecule has 28 heavy (non-hydrogen) atoms. The van der Waals surface area contributed by atoms with Gasteiger partial charge in [-0.05, 0) is 41.1 Å². The van der Waals surface area contributed by atoms with Crippen molar-refractivity contribution in [1.82, 2.24) is 4.90 Å². The summed E-state index contributed by atoms with van der Waals surface area (Å²) in [5.41, 5.74) is 0.532. The summed E-state index contributed by atoms with van der Waals surface area (Å²) in [5, 5.41) is 4.48. The normalized spacial score (nSPS) is 13.2. The van der Waals surface area contributed by atoms with E-state index in [-0.39, 0.29) is 25.0 Å². The minimum absolute atomic E-state index is 0.0493. The van der Waals surface area contributed by atoms with Gasteiger partial charge in [-0.3, -0.25) is 14.5 Å². The molecule has 0 saturated carbocycles. The molecule has 5 nitrogen and oxygen atoms in total. The van der Waals surface area contributed by atoms with Gasteiger partial charge in [-0.25, -0.2) is 0 Å². The van der Waals surface area contributed by atoms with Crippen LogP contribution in [-0.2, 0) is 22.7 Å². The Labute approximate surface area is 175 Å². The molecule has 2 aromatic heterocycles. The van der Waals surface area contributed by atoms with E-state index >= 15 is 0 Å². The van der Waals surface area contributed by atoms with Crippen molar-refractivity contribution in [2.75, 3.05) is 18.1 Å². The van der Waals surface area contributed by atoms with Crippen LogP contribution in [0.2, 0.25) is 5.02 Å². The van der Waals surface area contributed by atoms with Gasteiger partial charge in [0.2, 0.25) is 5.91 Å². The Hall–Kier alpha value is -2.35. The van der Waals surface area contributed by atoms with Crippen LogP contribution in [0.4, 0.5) is 5.69 Å². The van der Waals surface area contributed by atoms with Gasteiger partial charge in [0.25, 0.3) is 5.91 Å². The molecule has 0 N–H and O–H groups in total. The molecule has 1 aliphatic heterocycles. The monoisotopic (exact) mass is 432 g/mol. The third-order valence-electron chi connectivity index (χ3n) is 4.36. The molecule has 0 aliphatic carbocycles. The minimum Gasteiger partial charge on any atom is -0.482 e. The Kier molecular flexibility index (Phi) is 5.66. The highest BCUT2D eigenvalue weighted by molar-refractivity contribution is 7.10. The van der Waals surface area contributed by atoms with Crippen LogP contribution in [0.15, 0.2) is 53.2 Å². The van der Waals surface area contributed by atoms with Crippen molar-refractivity contribution in [2.45, 2.75) is 13.1 Å². The number of carbonyl (C=O) groups excluding carboxylic acids is 2. The highest BCUT2D eigenvalue weighted by Crippen LogP contribution is 2.34. The van der Waals surface area contributed by atoms with Crippen LogP contribution in [0.3, 0.4) is 0 Å². The van der Waals surface area contributed by atoms with Crippen LogP contribution >= 0.6 is 34.3 Å². The van der Waals surface area contributed by atoms with Crippen LogP contribution < -0.4 is 9.64 Å². The van der Waals surface area contributed by atoms with Gasteiger partial charge in [0, 0.05) is 14.8 Å². The van der Waals surface area contributed by atoms with Crippen LogP contribution in [-0.4, -0.2) is 29.9 Å². The fourth-order valence-electron chi connectivity index (χ4n) is 3.00. The van der Waals surface area contributed by atoms with Gasteiger partial charge >= 0.3 is 0 Å². The summed E-state index contributed by atoms with van der Waals surface area (Å²) < 4.78 is 5.46. The summed E-state index contributed by atoms with van der Waals surface area (Å²) in [5.74, 6) is 0.179. The van der Waals surface area contributed by atoms with Crippen molar-refractivity contribution >= 4 is 51.8 Å². The Morgan fingerprint density at radius 2 is 1.79 bits per heavy atom. The summed E-state index contributed by atoms with van der Waals surface area (Å²) >= 11 is 9.31. The predicted molar refractivity (Wildman–Crippen MR) is 112 cm³/mol. The summed E-state index contributed by atoms with van der Waals surface area (Å²) in [4.78, 5) is 31.1. The first-order chi connectivity index (χ1) is 13.6. The fourth-order valence-corrected chi connectivity index (χ4v) is 4.60. The minimum atomic E-state index is -0.254. The van der Waals surface area contributed by atoms with Crippen molar-refractivity contribution in [3.8, 4) is 5.75 Å². The third-order valence-corrected chi connectivity index (χ3v) is 6.32. The molecule has 0 atom stereocenters. The maximum absolute atomic E-state index is 13.2. The lowest BCUT2D eigenvalue weighted by atomic mass is 10.2. The quantitative estimate of drug-likeness (QED) is 0.579. The number of amides is 2. The Morgan fingerprint density at radius 3 is 2.39 bits per heavy atom. The predicted octanol–water partition coefficient (Wildman–Crippen LogP) is 4.42. The van der Waals surface area contributed by atoms with E-state index in [1.165, 1.54) is 4.90 Å². The van der Waals surface area contributed by atoms with E-state index < -0.39 is 0 Å². The lowest BCUT2D eigenvalue weighted by Crippen LogP contribution is -2.46. The van der Waals surface area contributed by atoms with Crippen molar-refractivity contribution < 1.29 is 14.3 Å². The molecular formula is C20H17ClN2O3S2. The van der Waals surface area contributed by atoms with Crippen molar-refractivity contribution in [3.63, 3.8) is 0 Å². The number of rotatable bonds is 6. The van der Waals surface area contributed by atoms with Gasteiger partial charge in [-0.15, -0.1) is 22.7 Å². The number of anilines is 1. The largest absolute Gasteiger partial charge is 0.482 e. The number of hydrogen-bond acceptors (Lipinski definition) is 5. The molecule has 3 aromatic rings. The molecule has 1 aromatic carbocycles. The van der Waals surface area contributed by atoms with Gasteiger partial charge in [0.15, 0.2) is 6.61 Å². The van der Waals surface area contributed by atoms with E-state index in [1.807, 2.05) is 35.0 Å². The smallest absolute Gasteiger partial charge is 0.265 e. The van der Waals surface area contributed by atoms with Gasteiger partial charge in [-0.1, -0.05) is 23.7 Å². The van der Waals surface area contributed by atoms with E-state index in [1.54, 1.807) is 45.8 Å². The second kappa shape index (κ2) is 8.34. The standard InChI is InChI=1S/C20H17ClN2O3S2/c21-14-5-6-18-17(9-14)23(20(25)13-26-18)12-19(24)22(10-15-3-1-7-27-15)11-16-4-2-8-28-16/h1-9H,10-13H2. The van der Waals surface area contributed by atoms with E-state index in [0.29, 0.717) is 29.5 Å². The first kappa shape index (κ1) is 19.0. The third kappa shape index (κ3) is 4.22. The number of benzene rings is 1. The molecule has 4 rings (SSSR count). The van der Waals surface area contributed by atoms with E-state index in [9.17, 15) is 9.59 Å². The summed E-state index contributed by atoms with van der Waals surface area (Å²) in [6.07, 6.45) is 0. The summed E-state index contributed by atoms with van der Waals surface area (Å²) in [6, 6.07) is 13.0. The zero-order chi connectivity index (χ0) is 19.5. The Bertz CT molecular complexity index is 937. The molecule has 0 spiro atoms. The lowest BCUT2D eigenvalue weighted by molar-refractivity contribution is -0.133. The summed E-state index contributed by atoms with van der Waals surface area (Å²) in [7, 11) is 0. The zero-order valence-corrected chi connectivity index (χ0v) is 17.2. The van der Waals surface area contributed by atoms with Gasteiger partial charge in [0.05, 0.1) is 18.8 Å². The molecule has 0 unspecified atom stereocenters. The molecule has 0 fully saturated rings. The van der Waals surface area contributed by atoms with E-state index in [2.05, 4.69) is 0 Å². The molecule has 8 heteroatoms. The van der Waals surface area contributed by atoms with Crippen molar-refractivity contribution in [1.29, 1.82) is 0 Å². The first-order valence-electron chi connectivity index (χ1n) is 8.65. The van der Waals surface area contributed by atoms with Crippen molar-refractivity contribution in [3.05, 3.63) is 68.0 Å². The van der Waals surface area contributed by atoms with Crippen LogP contribution in [0, 0.1) is 0 Å². The number of fused-ring (bicyclic) bond motifs is 1. The fraction of sp³-hybridized carbons (Fsp3) is 0.200. The SMILES string of the molecule is O=C(CN1C(=O)COc2ccc(Cl)cc21)N(Cc1cccs1)Cc1cccs1. The summed E-state index contributed by atoms with van der Waals surface area (Å²) in [6.45, 7) is 0.884. The number of ether oxygens (including phenoxy) is 1. The number of nitrogens with zero attached hydrogens (tertiary/aromatic N) is 2. The average Bonchev–Trinajstić information content (AvgIpc) is 3.37. The number of thiophene rings is 2. The number of carbonyl (C=O) groups is 2. The number of halogens is 1. The molecular weight excluding hydrogens is 416 g/mol. The van der Waals surface area contributed by atoms with Crippen LogP contribution in [0.5, 0.6) is 5.75 Å². The van der Waals surface area contributed by atoms with Gasteiger partial charge in [-0.2, -0.15) is 0 Å². The van der Waals surface area contributed by atoms with E-state index in [0.717, 1.165) is 9.75 Å². The molecule has 3 heterocycles. The maximum atomic E-state index is 13.2. The van der Waals surface area contributed by atoms with Gasteiger partial charge < -0.3 is 9.64 Å². The molecule has 2 amide bonds.